The molecule has 102 valence electrons. The molecule has 2 rings (SSSR count). The van der Waals surface area contributed by atoms with Gasteiger partial charge in [-0.1, -0.05) is 19.1 Å². The van der Waals surface area contributed by atoms with E-state index in [9.17, 15) is 4.79 Å². The third-order valence-electron chi connectivity index (χ3n) is 3.58. The highest BCUT2D eigenvalue weighted by atomic mass is 16.1. The number of para-hydroxylation sites is 1. The van der Waals surface area contributed by atoms with Gasteiger partial charge in [-0.2, -0.15) is 0 Å². The molecule has 4 heteroatoms. The van der Waals surface area contributed by atoms with Gasteiger partial charge in [0.2, 0.25) is 0 Å². The SMILES string of the molecule is CCC(CCCn1cnc2ccccc2c1=O)NC. The van der Waals surface area contributed by atoms with Gasteiger partial charge < -0.3 is 5.32 Å². The first-order valence-corrected chi connectivity index (χ1v) is 6.87. The first kappa shape index (κ1) is 13.7. The average Bonchev–Trinajstić information content (AvgIpc) is 2.46. The van der Waals surface area contributed by atoms with E-state index in [2.05, 4.69) is 17.2 Å². The molecule has 1 heterocycles. The van der Waals surface area contributed by atoms with Gasteiger partial charge in [0.05, 0.1) is 17.2 Å². The standard InChI is InChI=1S/C15H21N3O/c1-3-12(16-2)7-6-10-18-11-17-14-9-5-4-8-13(14)15(18)19/h4-5,8-9,11-12,16H,3,6-7,10H2,1-2H3. The van der Waals surface area contributed by atoms with Gasteiger partial charge in [-0.3, -0.25) is 9.36 Å². The van der Waals surface area contributed by atoms with Crippen LogP contribution in [-0.4, -0.2) is 22.6 Å². The quantitative estimate of drug-likeness (QED) is 0.865. The molecule has 0 aliphatic carbocycles. The maximum absolute atomic E-state index is 12.3. The number of nitrogens with one attached hydrogen (secondary N) is 1. The van der Waals surface area contributed by atoms with E-state index in [1.807, 2.05) is 31.3 Å². The summed E-state index contributed by atoms with van der Waals surface area (Å²) in [5, 5.41) is 3.98. The Hall–Kier alpha value is -1.68. The molecule has 1 unspecified atom stereocenters. The van der Waals surface area contributed by atoms with Crippen LogP contribution < -0.4 is 10.9 Å². The van der Waals surface area contributed by atoms with Crippen molar-refractivity contribution in [3.63, 3.8) is 0 Å². The van der Waals surface area contributed by atoms with Crippen molar-refractivity contribution in [2.75, 3.05) is 7.05 Å². The molecule has 4 nitrogen and oxygen atoms in total. The van der Waals surface area contributed by atoms with Gasteiger partial charge in [-0.25, -0.2) is 4.98 Å². The number of nitrogens with zero attached hydrogens (tertiary/aromatic N) is 2. The van der Waals surface area contributed by atoms with Crippen molar-refractivity contribution in [1.82, 2.24) is 14.9 Å². The maximum atomic E-state index is 12.3. The number of aryl methyl sites for hydroxylation is 1. The first-order valence-electron chi connectivity index (χ1n) is 6.87. The molecule has 1 aromatic heterocycles. The summed E-state index contributed by atoms with van der Waals surface area (Å²) in [5.74, 6) is 0. The van der Waals surface area contributed by atoms with E-state index in [0.29, 0.717) is 11.4 Å². The number of hydrogen-bond acceptors (Lipinski definition) is 3. The molecular weight excluding hydrogens is 238 g/mol. The molecule has 0 radical (unpaired) electrons. The third-order valence-corrected chi connectivity index (χ3v) is 3.58. The highest BCUT2D eigenvalue weighted by Gasteiger charge is 2.05. The highest BCUT2D eigenvalue weighted by Crippen LogP contribution is 2.06. The van der Waals surface area contributed by atoms with Gasteiger partial charge in [-0.05, 0) is 38.4 Å². The minimum atomic E-state index is 0.0584. The zero-order valence-electron chi connectivity index (χ0n) is 11.6. The lowest BCUT2D eigenvalue weighted by atomic mass is 10.1. The lowest BCUT2D eigenvalue weighted by Gasteiger charge is -2.13. The van der Waals surface area contributed by atoms with Crippen LogP contribution in [0.25, 0.3) is 10.9 Å². The number of fused-ring (bicyclic) bond motifs is 1. The zero-order chi connectivity index (χ0) is 13.7. The van der Waals surface area contributed by atoms with Crippen molar-refractivity contribution in [2.45, 2.75) is 38.8 Å². The topological polar surface area (TPSA) is 46.9 Å². The molecule has 1 aromatic carbocycles. The van der Waals surface area contributed by atoms with E-state index < -0.39 is 0 Å². The normalized spacial score (nSPS) is 12.7. The summed E-state index contributed by atoms with van der Waals surface area (Å²) in [5.41, 5.74) is 0.827. The van der Waals surface area contributed by atoms with Crippen LogP contribution in [0.5, 0.6) is 0 Å². The van der Waals surface area contributed by atoms with Crippen LogP contribution in [0.15, 0.2) is 35.4 Å². The van der Waals surface area contributed by atoms with Crippen molar-refractivity contribution in [2.24, 2.45) is 0 Å². The third kappa shape index (κ3) is 3.20. The van der Waals surface area contributed by atoms with Crippen molar-refractivity contribution in [1.29, 1.82) is 0 Å². The van der Waals surface area contributed by atoms with Gasteiger partial charge in [0.1, 0.15) is 0 Å². The Morgan fingerprint density at radius 2 is 2.16 bits per heavy atom. The summed E-state index contributed by atoms with van der Waals surface area (Å²) < 4.78 is 1.71. The van der Waals surface area contributed by atoms with E-state index in [1.165, 1.54) is 0 Å². The number of benzene rings is 1. The fraction of sp³-hybridized carbons (Fsp3) is 0.467. The van der Waals surface area contributed by atoms with Gasteiger partial charge >= 0.3 is 0 Å². The van der Waals surface area contributed by atoms with Crippen LogP contribution in [0.4, 0.5) is 0 Å². The summed E-state index contributed by atoms with van der Waals surface area (Å²) in [6, 6.07) is 8.02. The van der Waals surface area contributed by atoms with E-state index >= 15 is 0 Å². The molecule has 1 N–H and O–H groups in total. The van der Waals surface area contributed by atoms with Gasteiger partial charge in [0.25, 0.3) is 5.56 Å². The van der Waals surface area contributed by atoms with Gasteiger partial charge in [0.15, 0.2) is 0 Å². The van der Waals surface area contributed by atoms with Crippen LogP contribution in [0, 0.1) is 0 Å². The number of aromatic nitrogens is 2. The van der Waals surface area contributed by atoms with E-state index in [1.54, 1.807) is 10.9 Å². The molecule has 0 aliphatic heterocycles. The number of rotatable bonds is 6. The summed E-state index contributed by atoms with van der Waals surface area (Å²) in [6.07, 6.45) is 4.83. The predicted octanol–water partition coefficient (Wildman–Crippen LogP) is 2.17. The van der Waals surface area contributed by atoms with Crippen LogP contribution in [-0.2, 0) is 6.54 Å². The van der Waals surface area contributed by atoms with Crippen LogP contribution in [0.1, 0.15) is 26.2 Å². The lowest BCUT2D eigenvalue weighted by molar-refractivity contribution is 0.465. The van der Waals surface area contributed by atoms with Gasteiger partial charge in [-0.15, -0.1) is 0 Å². The predicted molar refractivity (Wildman–Crippen MR) is 78.4 cm³/mol. The molecule has 19 heavy (non-hydrogen) atoms. The Balaban J connectivity index is 2.09. The van der Waals surface area contributed by atoms with Crippen LogP contribution >= 0.6 is 0 Å². The van der Waals surface area contributed by atoms with Crippen molar-refractivity contribution >= 4 is 10.9 Å². The van der Waals surface area contributed by atoms with E-state index in [-0.39, 0.29) is 5.56 Å². The van der Waals surface area contributed by atoms with Crippen molar-refractivity contribution in [3.8, 4) is 0 Å². The lowest BCUT2D eigenvalue weighted by Crippen LogP contribution is -2.26. The second-order valence-electron chi connectivity index (χ2n) is 4.80. The molecule has 0 saturated heterocycles. The molecule has 1 atom stereocenters. The fourth-order valence-corrected chi connectivity index (χ4v) is 2.33. The Bertz CT molecular complexity index is 587. The second-order valence-corrected chi connectivity index (χ2v) is 4.80. The largest absolute Gasteiger partial charge is 0.317 e. The molecule has 0 fully saturated rings. The summed E-state index contributed by atoms with van der Waals surface area (Å²) in [7, 11) is 1.98. The van der Waals surface area contributed by atoms with Crippen LogP contribution in [0.2, 0.25) is 0 Å². The van der Waals surface area contributed by atoms with Crippen LogP contribution in [0.3, 0.4) is 0 Å². The Morgan fingerprint density at radius 1 is 1.37 bits per heavy atom. The summed E-state index contributed by atoms with van der Waals surface area (Å²) in [6.45, 7) is 2.90. The zero-order valence-corrected chi connectivity index (χ0v) is 11.6. The Labute approximate surface area is 113 Å². The Kier molecular flexibility index (Phi) is 4.68. The molecule has 0 saturated carbocycles. The second kappa shape index (κ2) is 6.48. The fourth-order valence-electron chi connectivity index (χ4n) is 2.33. The molecule has 0 aliphatic rings. The van der Waals surface area contributed by atoms with E-state index in [4.69, 9.17) is 0 Å². The first-order chi connectivity index (χ1) is 9.26. The minimum Gasteiger partial charge on any atom is -0.317 e. The molecule has 0 spiro atoms. The summed E-state index contributed by atoms with van der Waals surface area (Å²) in [4.78, 5) is 16.6. The highest BCUT2D eigenvalue weighted by molar-refractivity contribution is 5.76. The minimum absolute atomic E-state index is 0.0584. The molecular formula is C15H21N3O. The van der Waals surface area contributed by atoms with E-state index in [0.717, 1.165) is 31.3 Å². The number of hydrogen-bond donors (Lipinski definition) is 1. The molecule has 2 aromatic rings. The summed E-state index contributed by atoms with van der Waals surface area (Å²) >= 11 is 0. The monoisotopic (exact) mass is 259 g/mol. The van der Waals surface area contributed by atoms with Crippen molar-refractivity contribution < 1.29 is 0 Å². The smallest absolute Gasteiger partial charge is 0.261 e. The molecule has 0 amide bonds. The maximum Gasteiger partial charge on any atom is 0.261 e. The average molecular weight is 259 g/mol. The van der Waals surface area contributed by atoms with Crippen molar-refractivity contribution in [3.05, 3.63) is 40.9 Å². The molecule has 0 bridgehead atoms. The van der Waals surface area contributed by atoms with Gasteiger partial charge in [0, 0.05) is 12.6 Å². The Morgan fingerprint density at radius 3 is 2.89 bits per heavy atom.